The number of ether oxygens (including phenoxy) is 1. The molecule has 1 unspecified atom stereocenters. The van der Waals surface area contributed by atoms with E-state index in [0.29, 0.717) is 5.76 Å². The molecule has 0 aliphatic rings. The lowest BCUT2D eigenvalue weighted by Crippen LogP contribution is -2.03. The standard InChI is InChI=1S/C20H22O/c1-5-6-20(19-13-9-16(3)10-14-19)21-17(4)18-11-7-15(2)8-12-18/h5,7-14,20H,1,4,6H2,2-3H3. The molecule has 0 bridgehead atoms. The van der Waals surface area contributed by atoms with Crippen LogP contribution in [0.5, 0.6) is 0 Å². The molecule has 21 heavy (non-hydrogen) atoms. The molecule has 0 spiro atoms. The molecule has 0 aliphatic carbocycles. The summed E-state index contributed by atoms with van der Waals surface area (Å²) in [6.07, 6.45) is 2.60. The average Bonchev–Trinajstić information content (AvgIpc) is 2.48. The quantitative estimate of drug-likeness (QED) is 0.493. The molecule has 2 aromatic carbocycles. The molecule has 0 radical (unpaired) electrons. The van der Waals surface area contributed by atoms with Crippen molar-refractivity contribution in [3.05, 3.63) is 90.0 Å². The van der Waals surface area contributed by atoms with Crippen LogP contribution < -0.4 is 0 Å². The molecular formula is C20H22O. The van der Waals surface area contributed by atoms with Crippen LogP contribution in [0.3, 0.4) is 0 Å². The lowest BCUT2D eigenvalue weighted by molar-refractivity contribution is 0.173. The van der Waals surface area contributed by atoms with Crippen molar-refractivity contribution < 1.29 is 4.74 Å². The van der Waals surface area contributed by atoms with E-state index in [2.05, 4.69) is 63.4 Å². The van der Waals surface area contributed by atoms with Crippen molar-refractivity contribution in [2.24, 2.45) is 0 Å². The minimum atomic E-state index is -0.0445. The zero-order valence-electron chi connectivity index (χ0n) is 12.8. The molecule has 0 fully saturated rings. The third kappa shape index (κ3) is 4.09. The lowest BCUT2D eigenvalue weighted by Gasteiger charge is -2.20. The van der Waals surface area contributed by atoms with Gasteiger partial charge in [0.05, 0.1) is 0 Å². The van der Waals surface area contributed by atoms with Gasteiger partial charge in [-0.1, -0.05) is 72.3 Å². The van der Waals surface area contributed by atoms with E-state index in [-0.39, 0.29) is 6.10 Å². The van der Waals surface area contributed by atoms with Crippen LogP contribution in [0.25, 0.3) is 5.76 Å². The molecule has 1 atom stereocenters. The molecule has 108 valence electrons. The van der Waals surface area contributed by atoms with E-state index in [1.165, 1.54) is 11.1 Å². The molecule has 0 N–H and O–H groups in total. The van der Waals surface area contributed by atoms with E-state index < -0.39 is 0 Å². The summed E-state index contributed by atoms with van der Waals surface area (Å²) in [4.78, 5) is 0. The molecule has 0 saturated heterocycles. The van der Waals surface area contributed by atoms with Crippen LogP contribution in [0.1, 0.15) is 34.8 Å². The molecule has 0 aliphatic heterocycles. The van der Waals surface area contributed by atoms with Crippen LogP contribution in [0.2, 0.25) is 0 Å². The second-order valence-electron chi connectivity index (χ2n) is 5.33. The highest BCUT2D eigenvalue weighted by Crippen LogP contribution is 2.28. The van der Waals surface area contributed by atoms with E-state index >= 15 is 0 Å². The molecule has 0 amide bonds. The minimum absolute atomic E-state index is 0.0445. The van der Waals surface area contributed by atoms with Gasteiger partial charge in [0.1, 0.15) is 11.9 Å². The first-order valence-corrected chi connectivity index (χ1v) is 7.20. The fourth-order valence-corrected chi connectivity index (χ4v) is 2.16. The SMILES string of the molecule is C=CCC(OC(=C)c1ccc(C)cc1)c1ccc(C)cc1. The van der Waals surface area contributed by atoms with Crippen molar-refractivity contribution >= 4 is 5.76 Å². The summed E-state index contributed by atoms with van der Waals surface area (Å²) in [7, 11) is 0. The smallest absolute Gasteiger partial charge is 0.127 e. The van der Waals surface area contributed by atoms with Gasteiger partial charge < -0.3 is 4.74 Å². The van der Waals surface area contributed by atoms with Crippen molar-refractivity contribution in [2.45, 2.75) is 26.4 Å². The van der Waals surface area contributed by atoms with Gasteiger partial charge >= 0.3 is 0 Å². The summed E-state index contributed by atoms with van der Waals surface area (Å²) >= 11 is 0. The Hall–Kier alpha value is -2.28. The maximum absolute atomic E-state index is 6.08. The van der Waals surface area contributed by atoms with Gasteiger partial charge in [0.25, 0.3) is 0 Å². The first-order valence-electron chi connectivity index (χ1n) is 7.20. The van der Waals surface area contributed by atoms with Crippen LogP contribution in [-0.4, -0.2) is 0 Å². The minimum Gasteiger partial charge on any atom is -0.485 e. The van der Waals surface area contributed by atoms with E-state index in [9.17, 15) is 0 Å². The second kappa shape index (κ2) is 6.94. The second-order valence-corrected chi connectivity index (χ2v) is 5.33. The van der Waals surface area contributed by atoms with Gasteiger partial charge in [0, 0.05) is 12.0 Å². The Kier molecular flexibility index (Phi) is 4.99. The Labute approximate surface area is 127 Å². The highest BCUT2D eigenvalue weighted by molar-refractivity contribution is 5.58. The number of hydrogen-bond acceptors (Lipinski definition) is 1. The largest absolute Gasteiger partial charge is 0.485 e. The predicted molar refractivity (Wildman–Crippen MR) is 90.0 cm³/mol. The summed E-state index contributed by atoms with van der Waals surface area (Å²) in [6.45, 7) is 12.0. The molecule has 0 heterocycles. The Morgan fingerprint density at radius 2 is 1.52 bits per heavy atom. The van der Waals surface area contributed by atoms with Crippen molar-refractivity contribution in [3.63, 3.8) is 0 Å². The van der Waals surface area contributed by atoms with E-state index in [1.54, 1.807) is 0 Å². The molecule has 2 aromatic rings. The Morgan fingerprint density at radius 3 is 2.05 bits per heavy atom. The van der Waals surface area contributed by atoms with Gasteiger partial charge in [-0.3, -0.25) is 0 Å². The van der Waals surface area contributed by atoms with Crippen LogP contribution in [0.15, 0.2) is 67.8 Å². The number of hydrogen-bond donors (Lipinski definition) is 0. The fourth-order valence-electron chi connectivity index (χ4n) is 2.16. The van der Waals surface area contributed by atoms with Gasteiger partial charge in [-0.2, -0.15) is 0 Å². The Balaban J connectivity index is 2.15. The zero-order chi connectivity index (χ0) is 15.2. The van der Waals surface area contributed by atoms with Gasteiger partial charge in [-0.15, -0.1) is 6.58 Å². The highest BCUT2D eigenvalue weighted by Gasteiger charge is 2.13. The third-order valence-corrected chi connectivity index (χ3v) is 3.49. The van der Waals surface area contributed by atoms with Crippen LogP contribution in [-0.2, 0) is 4.74 Å². The maximum atomic E-state index is 6.08. The summed E-state index contributed by atoms with van der Waals surface area (Å²) < 4.78 is 6.08. The Bertz CT molecular complexity index is 605. The topological polar surface area (TPSA) is 9.23 Å². The molecule has 0 saturated carbocycles. The highest BCUT2D eigenvalue weighted by atomic mass is 16.5. The van der Waals surface area contributed by atoms with Crippen LogP contribution in [0.4, 0.5) is 0 Å². The third-order valence-electron chi connectivity index (χ3n) is 3.49. The van der Waals surface area contributed by atoms with Crippen molar-refractivity contribution in [2.75, 3.05) is 0 Å². The average molecular weight is 278 g/mol. The number of rotatable bonds is 6. The van der Waals surface area contributed by atoms with E-state index in [1.807, 2.05) is 18.2 Å². The van der Waals surface area contributed by atoms with E-state index in [4.69, 9.17) is 4.74 Å². The van der Waals surface area contributed by atoms with Crippen molar-refractivity contribution in [1.82, 2.24) is 0 Å². The molecular weight excluding hydrogens is 256 g/mol. The van der Waals surface area contributed by atoms with Crippen LogP contribution >= 0.6 is 0 Å². The van der Waals surface area contributed by atoms with Gasteiger partial charge in [0.2, 0.25) is 0 Å². The first kappa shape index (κ1) is 15.1. The lowest BCUT2D eigenvalue weighted by atomic mass is 10.0. The number of aryl methyl sites for hydroxylation is 2. The van der Waals surface area contributed by atoms with E-state index in [0.717, 1.165) is 17.5 Å². The molecule has 2 rings (SSSR count). The van der Waals surface area contributed by atoms with Gasteiger partial charge in [0.15, 0.2) is 0 Å². The fraction of sp³-hybridized carbons (Fsp3) is 0.200. The normalized spacial score (nSPS) is 11.7. The van der Waals surface area contributed by atoms with Crippen LogP contribution in [0, 0.1) is 13.8 Å². The Morgan fingerprint density at radius 1 is 1.00 bits per heavy atom. The maximum Gasteiger partial charge on any atom is 0.127 e. The predicted octanol–water partition coefficient (Wildman–Crippen LogP) is 5.61. The first-order chi connectivity index (χ1) is 10.1. The zero-order valence-corrected chi connectivity index (χ0v) is 12.8. The summed E-state index contributed by atoms with van der Waals surface area (Å²) in [5.74, 6) is 0.697. The molecule has 1 heteroatoms. The van der Waals surface area contributed by atoms with Gasteiger partial charge in [-0.25, -0.2) is 0 Å². The summed E-state index contributed by atoms with van der Waals surface area (Å²) in [5, 5.41) is 0. The number of benzene rings is 2. The monoisotopic (exact) mass is 278 g/mol. The van der Waals surface area contributed by atoms with Crippen molar-refractivity contribution in [3.8, 4) is 0 Å². The summed E-state index contributed by atoms with van der Waals surface area (Å²) in [5.41, 5.74) is 4.64. The van der Waals surface area contributed by atoms with Gasteiger partial charge in [-0.05, 0) is 19.4 Å². The molecule has 0 aromatic heterocycles. The van der Waals surface area contributed by atoms with Crippen molar-refractivity contribution in [1.29, 1.82) is 0 Å². The molecule has 1 nitrogen and oxygen atoms in total. The summed E-state index contributed by atoms with van der Waals surface area (Å²) in [6, 6.07) is 16.6.